The molecule has 0 spiro atoms. The first-order valence-electron chi connectivity index (χ1n) is 3.31. The maximum Gasteiger partial charge on any atom is 0.181 e. The van der Waals surface area contributed by atoms with Gasteiger partial charge in [0.05, 0.1) is 5.52 Å². The molecule has 0 saturated carbocycles. The molecule has 3 heterocycles. The van der Waals surface area contributed by atoms with Crippen LogP contribution in [0.15, 0.2) is 24.9 Å². The van der Waals surface area contributed by atoms with E-state index in [2.05, 4.69) is 15.0 Å². The minimum Gasteiger partial charge on any atom is -0.302 e. The second-order valence-electron chi connectivity index (χ2n) is 2.40. The van der Waals surface area contributed by atoms with Gasteiger partial charge in [-0.05, 0) is 6.07 Å². The molecule has 0 amide bonds. The number of hydrogen-bond acceptors (Lipinski definition) is 3. The molecule has 4 heteroatoms. The molecule has 0 N–H and O–H groups in total. The zero-order valence-electron chi connectivity index (χ0n) is 5.60. The van der Waals surface area contributed by atoms with Gasteiger partial charge >= 0.3 is 0 Å². The fraction of sp³-hybridized carbons (Fsp3) is 0. The quantitative estimate of drug-likeness (QED) is 0.466. The highest BCUT2D eigenvalue weighted by Crippen LogP contribution is 2.15. The summed E-state index contributed by atoms with van der Waals surface area (Å²) in [5, 5.41) is 0. The van der Waals surface area contributed by atoms with Gasteiger partial charge in [0.1, 0.15) is 18.2 Å². The summed E-state index contributed by atoms with van der Waals surface area (Å²) in [6.45, 7) is 0. The van der Waals surface area contributed by atoms with Gasteiger partial charge in [0.2, 0.25) is 0 Å². The lowest BCUT2D eigenvalue weighted by molar-refractivity contribution is 1.18. The van der Waals surface area contributed by atoms with Crippen LogP contribution < -0.4 is 0 Å². The molecule has 0 aliphatic rings. The van der Waals surface area contributed by atoms with Crippen LogP contribution in [0.25, 0.3) is 16.7 Å². The van der Waals surface area contributed by atoms with Crippen molar-refractivity contribution in [1.29, 1.82) is 0 Å². The number of nitrogens with zero attached hydrogens (tertiary/aromatic N) is 4. The summed E-state index contributed by atoms with van der Waals surface area (Å²) < 4.78 is 1.92. The normalized spacial score (nSPS) is 11.6. The molecule has 0 aromatic carbocycles. The van der Waals surface area contributed by atoms with Gasteiger partial charge in [-0.3, -0.25) is 0 Å². The maximum absolute atomic E-state index is 4.09. The molecule has 0 bridgehead atoms. The lowest BCUT2D eigenvalue weighted by Crippen LogP contribution is -1.79. The highest BCUT2D eigenvalue weighted by Gasteiger charge is 2.05. The van der Waals surface area contributed by atoms with Gasteiger partial charge in [-0.1, -0.05) is 0 Å². The largest absolute Gasteiger partial charge is 0.302 e. The molecular formula is C7H4N4. The fourth-order valence-electron chi connectivity index (χ4n) is 1.29. The van der Waals surface area contributed by atoms with Crippen LogP contribution >= 0.6 is 0 Å². The summed E-state index contributed by atoms with van der Waals surface area (Å²) >= 11 is 0. The van der Waals surface area contributed by atoms with E-state index in [1.807, 2.05) is 16.7 Å². The zero-order chi connectivity index (χ0) is 7.26. The molecular weight excluding hydrogens is 140 g/mol. The third kappa shape index (κ3) is 0.475. The van der Waals surface area contributed by atoms with E-state index in [0.717, 1.165) is 16.7 Å². The lowest BCUT2D eigenvalue weighted by Gasteiger charge is -1.84. The number of hydrogen-bond donors (Lipinski definition) is 0. The predicted octanol–water partition coefficient (Wildman–Crippen LogP) is 0.715. The molecule has 0 unspecified atom stereocenters. The Balaban J connectivity index is 2.83. The molecule has 0 atom stereocenters. The molecule has 11 heavy (non-hydrogen) atoms. The Morgan fingerprint density at radius 3 is 3.18 bits per heavy atom. The van der Waals surface area contributed by atoms with Crippen LogP contribution in [-0.2, 0) is 0 Å². The summed E-state index contributed by atoms with van der Waals surface area (Å²) in [6, 6.07) is 1.95. The molecule has 4 nitrogen and oxygen atoms in total. The topological polar surface area (TPSA) is 43.1 Å². The van der Waals surface area contributed by atoms with Crippen molar-refractivity contribution >= 4 is 16.7 Å². The first-order valence-corrected chi connectivity index (χ1v) is 3.31. The first-order chi connectivity index (χ1) is 5.45. The zero-order valence-corrected chi connectivity index (χ0v) is 5.60. The van der Waals surface area contributed by atoms with Crippen LogP contribution in [0.5, 0.6) is 0 Å². The molecule has 3 rings (SSSR count). The number of aromatic nitrogens is 4. The third-order valence-corrected chi connectivity index (χ3v) is 1.79. The van der Waals surface area contributed by atoms with E-state index in [4.69, 9.17) is 0 Å². The van der Waals surface area contributed by atoms with Gasteiger partial charge in [-0.2, -0.15) is 0 Å². The Morgan fingerprint density at radius 2 is 2.18 bits per heavy atom. The van der Waals surface area contributed by atoms with E-state index in [1.54, 1.807) is 6.33 Å². The first kappa shape index (κ1) is 5.01. The van der Waals surface area contributed by atoms with Crippen LogP contribution in [0.4, 0.5) is 0 Å². The molecule has 0 aliphatic heterocycles. The van der Waals surface area contributed by atoms with Crippen molar-refractivity contribution < 1.29 is 0 Å². The van der Waals surface area contributed by atoms with E-state index >= 15 is 0 Å². The van der Waals surface area contributed by atoms with Crippen molar-refractivity contribution in [2.45, 2.75) is 0 Å². The monoisotopic (exact) mass is 144 g/mol. The average Bonchev–Trinajstić information content (AvgIpc) is 2.60. The molecule has 0 radical (unpaired) electrons. The van der Waals surface area contributed by atoms with Crippen molar-refractivity contribution in [2.24, 2.45) is 0 Å². The van der Waals surface area contributed by atoms with Crippen LogP contribution in [0, 0.1) is 0 Å². The van der Waals surface area contributed by atoms with Crippen LogP contribution in [0.3, 0.4) is 0 Å². The Morgan fingerprint density at radius 1 is 1.18 bits per heavy atom. The summed E-state index contributed by atoms with van der Waals surface area (Å²) in [4.78, 5) is 12.2. The predicted molar refractivity (Wildman–Crippen MR) is 39.5 cm³/mol. The third-order valence-electron chi connectivity index (χ3n) is 1.79. The summed E-state index contributed by atoms with van der Waals surface area (Å²) in [7, 11) is 0. The highest BCUT2D eigenvalue weighted by molar-refractivity contribution is 5.88. The van der Waals surface area contributed by atoms with Crippen molar-refractivity contribution in [2.75, 3.05) is 0 Å². The number of rotatable bonds is 0. The smallest absolute Gasteiger partial charge is 0.181 e. The van der Waals surface area contributed by atoms with Crippen LogP contribution in [0.1, 0.15) is 0 Å². The van der Waals surface area contributed by atoms with Gasteiger partial charge in [-0.15, -0.1) is 0 Å². The van der Waals surface area contributed by atoms with Gasteiger partial charge in [-0.25, -0.2) is 15.0 Å². The minimum atomic E-state index is 0.764. The van der Waals surface area contributed by atoms with E-state index in [9.17, 15) is 0 Å². The van der Waals surface area contributed by atoms with Crippen molar-refractivity contribution in [3.63, 3.8) is 0 Å². The average molecular weight is 144 g/mol. The van der Waals surface area contributed by atoms with E-state index < -0.39 is 0 Å². The Bertz CT molecular complexity index is 447. The Kier molecular flexibility index (Phi) is 0.671. The van der Waals surface area contributed by atoms with Crippen molar-refractivity contribution in [3.05, 3.63) is 24.9 Å². The van der Waals surface area contributed by atoms with Gasteiger partial charge in [0, 0.05) is 6.20 Å². The molecule has 0 fully saturated rings. The standard InChI is InChI=1S/C7H4N4/c1-2-11-4-10-7-6(11)5(1)8-3-9-7/h1-4H. The Hall–Kier alpha value is -1.71. The second kappa shape index (κ2) is 1.47. The lowest BCUT2D eigenvalue weighted by atomic mass is 10.4. The molecule has 52 valence electrons. The van der Waals surface area contributed by atoms with E-state index in [-0.39, 0.29) is 0 Å². The molecule has 0 aliphatic carbocycles. The van der Waals surface area contributed by atoms with Crippen LogP contribution in [0.2, 0.25) is 0 Å². The van der Waals surface area contributed by atoms with Gasteiger partial charge < -0.3 is 4.40 Å². The molecule has 0 saturated heterocycles. The van der Waals surface area contributed by atoms with Crippen molar-refractivity contribution in [1.82, 2.24) is 19.4 Å². The van der Waals surface area contributed by atoms with Gasteiger partial charge in [0.25, 0.3) is 0 Å². The SMILES string of the molecule is c1nc2ccn3cnc(n1)c23. The molecule has 3 aromatic heterocycles. The minimum absolute atomic E-state index is 0.764. The van der Waals surface area contributed by atoms with Gasteiger partial charge in [0.15, 0.2) is 5.65 Å². The summed E-state index contributed by atoms with van der Waals surface area (Å²) in [5.74, 6) is 0. The summed E-state index contributed by atoms with van der Waals surface area (Å²) in [5.41, 5.74) is 2.72. The van der Waals surface area contributed by atoms with Crippen LogP contribution in [-0.4, -0.2) is 19.4 Å². The Labute approximate surface area is 61.9 Å². The highest BCUT2D eigenvalue weighted by atomic mass is 15.1. The van der Waals surface area contributed by atoms with E-state index in [1.165, 1.54) is 6.33 Å². The molecule has 3 aromatic rings. The van der Waals surface area contributed by atoms with Crippen molar-refractivity contribution in [3.8, 4) is 0 Å². The van der Waals surface area contributed by atoms with E-state index in [0.29, 0.717) is 0 Å². The fourth-order valence-corrected chi connectivity index (χ4v) is 1.29. The summed E-state index contributed by atoms with van der Waals surface area (Å²) in [6.07, 6.45) is 5.20. The maximum atomic E-state index is 4.09. The second-order valence-corrected chi connectivity index (χ2v) is 2.40. The number of imidazole rings is 1.